The summed E-state index contributed by atoms with van der Waals surface area (Å²) >= 11 is 0. The minimum atomic E-state index is -0.494. The molecule has 7 heteroatoms. The molecule has 0 saturated carbocycles. The predicted octanol–water partition coefficient (Wildman–Crippen LogP) is 6.62. The Morgan fingerprint density at radius 1 is 0.744 bits per heavy atom. The maximum absolute atomic E-state index is 13.7. The zero-order chi connectivity index (χ0) is 27.2. The van der Waals surface area contributed by atoms with Gasteiger partial charge in [-0.1, -0.05) is 30.3 Å². The van der Waals surface area contributed by atoms with Crippen molar-refractivity contribution >= 4 is 23.2 Å². The van der Waals surface area contributed by atoms with Gasteiger partial charge in [-0.05, 0) is 84.8 Å². The van der Waals surface area contributed by atoms with E-state index in [1.54, 1.807) is 19.1 Å². The second-order valence-corrected chi connectivity index (χ2v) is 9.25. The van der Waals surface area contributed by atoms with Crippen molar-refractivity contribution in [3.8, 4) is 23.0 Å². The lowest BCUT2D eigenvalue weighted by Gasteiger charge is -2.41. The van der Waals surface area contributed by atoms with Crippen LogP contribution in [0.15, 0.2) is 103 Å². The van der Waals surface area contributed by atoms with Crippen LogP contribution >= 0.6 is 0 Å². The molecule has 2 amide bonds. The molecule has 1 aliphatic heterocycles. The molecular weight excluding hydrogens is 492 g/mol. The first-order chi connectivity index (χ1) is 19.1. The van der Waals surface area contributed by atoms with Crippen LogP contribution in [0.4, 0.5) is 11.4 Å². The van der Waals surface area contributed by atoms with Gasteiger partial charge in [0.25, 0.3) is 0 Å². The summed E-state index contributed by atoms with van der Waals surface area (Å²) in [6.07, 6.45) is 0.698. The third-order valence-electron chi connectivity index (χ3n) is 6.84. The summed E-state index contributed by atoms with van der Waals surface area (Å²) in [6, 6.07) is 31.1. The summed E-state index contributed by atoms with van der Waals surface area (Å²) in [7, 11) is 3.21. The second-order valence-electron chi connectivity index (χ2n) is 9.25. The van der Waals surface area contributed by atoms with Crippen LogP contribution in [-0.4, -0.2) is 26.0 Å². The molecule has 7 nitrogen and oxygen atoms in total. The maximum Gasteiger partial charge on any atom is 0.229 e. The molecule has 0 radical (unpaired) electrons. The summed E-state index contributed by atoms with van der Waals surface area (Å²) in [5.41, 5.74) is 2.22. The summed E-state index contributed by atoms with van der Waals surface area (Å²) in [4.78, 5) is 28.7. The summed E-state index contributed by atoms with van der Waals surface area (Å²) < 4.78 is 16.5. The Bertz CT molecular complexity index is 1400. The first kappa shape index (κ1) is 25.9. The molecule has 1 heterocycles. The van der Waals surface area contributed by atoms with Crippen LogP contribution in [0.5, 0.6) is 23.0 Å². The number of carbonyl (C=O) groups excluding carboxylic acids is 2. The number of carbonyl (C=O) groups is 2. The lowest BCUT2D eigenvalue weighted by molar-refractivity contribution is -0.125. The van der Waals surface area contributed by atoms with Crippen LogP contribution in [-0.2, 0) is 9.59 Å². The van der Waals surface area contributed by atoms with E-state index >= 15 is 0 Å². The zero-order valence-corrected chi connectivity index (χ0v) is 21.9. The van der Waals surface area contributed by atoms with Crippen molar-refractivity contribution in [1.82, 2.24) is 0 Å². The van der Waals surface area contributed by atoms with E-state index in [2.05, 4.69) is 5.32 Å². The maximum atomic E-state index is 13.7. The molecule has 4 aromatic rings. The van der Waals surface area contributed by atoms with E-state index in [-0.39, 0.29) is 18.2 Å². The number of methoxy groups -OCH3 is 2. The number of rotatable bonds is 8. The number of nitrogens with one attached hydrogen (secondary N) is 1. The number of piperidine rings is 1. The van der Waals surface area contributed by atoms with Crippen LogP contribution in [0, 0.1) is 5.92 Å². The van der Waals surface area contributed by atoms with Crippen LogP contribution < -0.4 is 24.4 Å². The van der Waals surface area contributed by atoms with Gasteiger partial charge in [0.15, 0.2) is 0 Å². The Morgan fingerprint density at radius 3 is 1.92 bits per heavy atom. The van der Waals surface area contributed by atoms with Gasteiger partial charge in [0.05, 0.1) is 26.2 Å². The lowest BCUT2D eigenvalue weighted by Crippen LogP contribution is -2.46. The van der Waals surface area contributed by atoms with Gasteiger partial charge in [0.2, 0.25) is 11.8 Å². The minimum absolute atomic E-state index is 0.0348. The van der Waals surface area contributed by atoms with E-state index in [0.29, 0.717) is 35.0 Å². The number of benzene rings is 4. The molecule has 5 rings (SSSR count). The highest BCUT2D eigenvalue weighted by molar-refractivity contribution is 6.00. The van der Waals surface area contributed by atoms with Gasteiger partial charge in [-0.3, -0.25) is 9.59 Å². The van der Waals surface area contributed by atoms with Gasteiger partial charge in [-0.15, -0.1) is 0 Å². The fourth-order valence-electron chi connectivity index (χ4n) is 4.86. The molecule has 0 aliphatic carbocycles. The van der Waals surface area contributed by atoms with Crippen molar-refractivity contribution in [1.29, 1.82) is 0 Å². The molecule has 1 N–H and O–H groups in total. The van der Waals surface area contributed by atoms with Crippen molar-refractivity contribution < 1.29 is 23.8 Å². The Morgan fingerprint density at radius 2 is 1.31 bits per heavy atom. The van der Waals surface area contributed by atoms with E-state index in [1.165, 1.54) is 0 Å². The van der Waals surface area contributed by atoms with Gasteiger partial charge >= 0.3 is 0 Å². The quantitative estimate of drug-likeness (QED) is 0.281. The third-order valence-corrected chi connectivity index (χ3v) is 6.84. The lowest BCUT2D eigenvalue weighted by atomic mass is 9.83. The van der Waals surface area contributed by atoms with Gasteiger partial charge in [-0.2, -0.15) is 0 Å². The highest BCUT2D eigenvalue weighted by Crippen LogP contribution is 2.41. The molecule has 0 unspecified atom stereocenters. The molecule has 1 fully saturated rings. The molecule has 2 atom stereocenters. The third kappa shape index (κ3) is 5.88. The standard InChI is InChI=1S/C32H30N2O5/c1-37-25-14-8-22(9-15-25)31-29(20-21-30(35)34(31)24-12-18-26(38-2)19-13-24)32(36)33-23-10-16-28(17-11-23)39-27-6-4-3-5-7-27/h3-19,29,31H,20-21H2,1-2H3,(H,33,36)/t29-,31+/m1/s1. The molecule has 4 aromatic carbocycles. The number of hydrogen-bond acceptors (Lipinski definition) is 5. The molecule has 0 aromatic heterocycles. The molecule has 39 heavy (non-hydrogen) atoms. The fraction of sp³-hybridized carbons (Fsp3) is 0.188. The number of para-hydroxylation sites is 1. The number of amides is 2. The molecule has 1 saturated heterocycles. The summed E-state index contributed by atoms with van der Waals surface area (Å²) in [6.45, 7) is 0. The molecule has 0 spiro atoms. The number of hydrogen-bond donors (Lipinski definition) is 1. The van der Waals surface area contributed by atoms with E-state index in [9.17, 15) is 9.59 Å². The van der Waals surface area contributed by atoms with Crippen molar-refractivity contribution in [3.63, 3.8) is 0 Å². The molecule has 1 aliphatic rings. The summed E-state index contributed by atoms with van der Waals surface area (Å²) in [5.74, 6) is 2.14. The Kier molecular flexibility index (Phi) is 7.78. The highest BCUT2D eigenvalue weighted by atomic mass is 16.5. The number of ether oxygens (including phenoxy) is 3. The molecular formula is C32H30N2O5. The summed E-state index contributed by atoms with van der Waals surface area (Å²) in [5, 5.41) is 3.05. The Balaban J connectivity index is 1.41. The molecule has 0 bridgehead atoms. The number of anilines is 2. The van der Waals surface area contributed by atoms with Crippen molar-refractivity contribution in [3.05, 3.63) is 109 Å². The van der Waals surface area contributed by atoms with E-state index in [1.807, 2.05) is 103 Å². The first-order valence-corrected chi connectivity index (χ1v) is 12.8. The molecule has 198 valence electrons. The normalized spacial score (nSPS) is 16.9. The van der Waals surface area contributed by atoms with Crippen LogP contribution in [0.1, 0.15) is 24.4 Å². The van der Waals surface area contributed by atoms with Crippen LogP contribution in [0.25, 0.3) is 0 Å². The predicted molar refractivity (Wildman–Crippen MR) is 151 cm³/mol. The van der Waals surface area contributed by atoms with E-state index in [4.69, 9.17) is 14.2 Å². The van der Waals surface area contributed by atoms with Crippen molar-refractivity contribution in [2.75, 3.05) is 24.4 Å². The first-order valence-electron chi connectivity index (χ1n) is 12.8. The average Bonchev–Trinajstić information content (AvgIpc) is 2.98. The topological polar surface area (TPSA) is 77.1 Å². The van der Waals surface area contributed by atoms with Gasteiger partial charge in [0, 0.05) is 17.8 Å². The SMILES string of the molecule is COc1ccc([C@H]2[C@H](C(=O)Nc3ccc(Oc4ccccc4)cc3)CCC(=O)N2c2ccc(OC)cc2)cc1. The van der Waals surface area contributed by atoms with Crippen molar-refractivity contribution in [2.45, 2.75) is 18.9 Å². The second kappa shape index (κ2) is 11.7. The van der Waals surface area contributed by atoms with Gasteiger partial charge in [0.1, 0.15) is 23.0 Å². The van der Waals surface area contributed by atoms with Crippen molar-refractivity contribution in [2.24, 2.45) is 5.92 Å². The Hall–Kier alpha value is -4.78. The largest absolute Gasteiger partial charge is 0.497 e. The number of nitrogens with zero attached hydrogens (tertiary/aromatic N) is 1. The Labute approximate surface area is 227 Å². The zero-order valence-electron chi connectivity index (χ0n) is 21.9. The fourth-order valence-corrected chi connectivity index (χ4v) is 4.86. The van der Waals surface area contributed by atoms with Gasteiger partial charge < -0.3 is 24.4 Å². The minimum Gasteiger partial charge on any atom is -0.497 e. The van der Waals surface area contributed by atoms with E-state index in [0.717, 1.165) is 11.3 Å². The van der Waals surface area contributed by atoms with Crippen LogP contribution in [0.3, 0.4) is 0 Å². The monoisotopic (exact) mass is 522 g/mol. The average molecular weight is 523 g/mol. The van der Waals surface area contributed by atoms with E-state index < -0.39 is 12.0 Å². The van der Waals surface area contributed by atoms with Crippen LogP contribution in [0.2, 0.25) is 0 Å². The highest BCUT2D eigenvalue weighted by Gasteiger charge is 2.41. The van der Waals surface area contributed by atoms with Gasteiger partial charge in [-0.25, -0.2) is 0 Å². The smallest absolute Gasteiger partial charge is 0.229 e.